The first-order chi connectivity index (χ1) is 14.4. The number of hydrogen-bond acceptors (Lipinski definition) is 6. The number of carbonyl (C=O) groups excluding carboxylic acids is 4. The summed E-state index contributed by atoms with van der Waals surface area (Å²) < 4.78 is 57.4. The molecule has 1 aliphatic rings. The van der Waals surface area contributed by atoms with Crippen LogP contribution in [0, 0.1) is 41.0 Å². The second kappa shape index (κ2) is 9.66. The van der Waals surface area contributed by atoms with Gasteiger partial charge in [-0.3, -0.25) is 14.4 Å². The standard InChI is InChI=1S/C12H12F4O2.C9H13NO4/c1-5-6(13)8(15)9(16)10(7(5)14)18-11(17)12(2,3)4;1-9(2,3)8(13)14-10-6(11)4-5-7(10)12/h1-4H3;4-5H2,1-3H3. The van der Waals surface area contributed by atoms with E-state index in [0.717, 1.165) is 6.92 Å². The minimum Gasteiger partial charge on any atom is -0.420 e. The first-order valence-electron chi connectivity index (χ1n) is 9.52. The Morgan fingerprint density at radius 3 is 1.59 bits per heavy atom. The van der Waals surface area contributed by atoms with E-state index in [0.29, 0.717) is 5.06 Å². The minimum atomic E-state index is -1.87. The third-order valence-corrected chi connectivity index (χ3v) is 4.04. The van der Waals surface area contributed by atoms with Crippen LogP contribution in [0.2, 0.25) is 0 Å². The molecule has 0 atom stereocenters. The highest BCUT2D eigenvalue weighted by molar-refractivity contribution is 6.01. The Morgan fingerprint density at radius 2 is 1.19 bits per heavy atom. The van der Waals surface area contributed by atoms with Gasteiger partial charge in [0, 0.05) is 18.4 Å². The molecule has 0 bridgehead atoms. The van der Waals surface area contributed by atoms with Crippen molar-refractivity contribution in [2.45, 2.75) is 61.3 Å². The second-order valence-corrected chi connectivity index (χ2v) is 9.06. The van der Waals surface area contributed by atoms with Gasteiger partial charge >= 0.3 is 11.9 Å². The molecule has 11 heteroatoms. The summed E-state index contributed by atoms with van der Waals surface area (Å²) in [4.78, 5) is 49.7. The summed E-state index contributed by atoms with van der Waals surface area (Å²) >= 11 is 0. The van der Waals surface area contributed by atoms with Gasteiger partial charge in [-0.25, -0.2) is 18.0 Å². The summed E-state index contributed by atoms with van der Waals surface area (Å²) in [5.74, 6) is -10.4. The van der Waals surface area contributed by atoms with Crippen molar-refractivity contribution in [1.29, 1.82) is 0 Å². The number of rotatable bonds is 2. The smallest absolute Gasteiger partial charge is 0.338 e. The molecule has 0 N–H and O–H groups in total. The molecular formula is C21H25F4NO6. The third-order valence-electron chi connectivity index (χ3n) is 4.04. The molecule has 0 spiro atoms. The summed E-state index contributed by atoms with van der Waals surface area (Å²) in [6.07, 6.45) is 0.243. The molecular weight excluding hydrogens is 438 g/mol. The number of hydrogen-bond donors (Lipinski definition) is 0. The summed E-state index contributed by atoms with van der Waals surface area (Å²) in [5, 5.41) is 0.563. The third kappa shape index (κ3) is 6.27. The number of esters is 1. The summed E-state index contributed by atoms with van der Waals surface area (Å²) in [7, 11) is 0. The van der Waals surface area contributed by atoms with Crippen LogP contribution < -0.4 is 4.74 Å². The van der Waals surface area contributed by atoms with Gasteiger partial charge in [-0.15, -0.1) is 5.06 Å². The second-order valence-electron chi connectivity index (χ2n) is 9.06. The van der Waals surface area contributed by atoms with E-state index in [9.17, 15) is 36.7 Å². The fourth-order valence-corrected chi connectivity index (χ4v) is 1.94. The van der Waals surface area contributed by atoms with Gasteiger partial charge in [0.05, 0.1) is 10.8 Å². The molecule has 32 heavy (non-hydrogen) atoms. The van der Waals surface area contributed by atoms with E-state index >= 15 is 0 Å². The Morgan fingerprint density at radius 1 is 0.750 bits per heavy atom. The first kappa shape index (κ1) is 27.1. The first-order valence-corrected chi connectivity index (χ1v) is 9.52. The van der Waals surface area contributed by atoms with Crippen molar-refractivity contribution in [1.82, 2.24) is 5.06 Å². The molecule has 0 radical (unpaired) electrons. The molecule has 0 aliphatic carbocycles. The number of benzene rings is 1. The number of amides is 2. The SMILES string of the molecule is CC(C)(C)C(=O)ON1C(=O)CCC1=O.Cc1c(F)c(F)c(F)c(OC(=O)C(C)(C)C)c1F. The predicted molar refractivity (Wildman–Crippen MR) is 103 cm³/mol. The van der Waals surface area contributed by atoms with Gasteiger partial charge in [-0.2, -0.15) is 4.39 Å². The highest BCUT2D eigenvalue weighted by Gasteiger charge is 2.36. The van der Waals surface area contributed by atoms with Crippen molar-refractivity contribution in [3.63, 3.8) is 0 Å². The lowest BCUT2D eigenvalue weighted by Crippen LogP contribution is -2.36. The van der Waals surface area contributed by atoms with Gasteiger partial charge in [0.1, 0.15) is 0 Å². The molecule has 1 aliphatic heterocycles. The van der Waals surface area contributed by atoms with Crippen molar-refractivity contribution in [2.24, 2.45) is 10.8 Å². The number of ether oxygens (including phenoxy) is 1. The Hall–Kier alpha value is -2.98. The molecule has 1 aromatic rings. The topological polar surface area (TPSA) is 90.0 Å². The van der Waals surface area contributed by atoms with E-state index in [1.54, 1.807) is 20.8 Å². The number of hydroxylamine groups is 2. The zero-order valence-electron chi connectivity index (χ0n) is 18.8. The van der Waals surface area contributed by atoms with Crippen LogP contribution in [0.5, 0.6) is 5.75 Å². The lowest BCUT2D eigenvalue weighted by Gasteiger charge is -2.19. The van der Waals surface area contributed by atoms with Crippen LogP contribution in [0.15, 0.2) is 0 Å². The quantitative estimate of drug-likeness (QED) is 0.164. The van der Waals surface area contributed by atoms with Crippen molar-refractivity contribution in [3.8, 4) is 5.75 Å². The average Bonchev–Trinajstić information content (AvgIpc) is 2.99. The monoisotopic (exact) mass is 463 g/mol. The van der Waals surface area contributed by atoms with Gasteiger partial charge in [0.2, 0.25) is 11.6 Å². The van der Waals surface area contributed by atoms with Gasteiger partial charge in [-0.1, -0.05) is 0 Å². The number of imide groups is 1. The van der Waals surface area contributed by atoms with Crippen LogP contribution in [-0.4, -0.2) is 28.8 Å². The number of halogens is 4. The van der Waals surface area contributed by atoms with E-state index in [1.807, 2.05) is 0 Å². The molecule has 0 aromatic heterocycles. The lowest BCUT2D eigenvalue weighted by atomic mass is 9.97. The van der Waals surface area contributed by atoms with Crippen LogP contribution in [0.4, 0.5) is 17.6 Å². The van der Waals surface area contributed by atoms with Crippen LogP contribution in [0.1, 0.15) is 59.9 Å². The molecule has 2 amide bonds. The summed E-state index contributed by atoms with van der Waals surface area (Å²) in [6.45, 7) is 10.2. The Kier molecular flexibility index (Phi) is 8.17. The molecule has 0 saturated carbocycles. The highest BCUT2D eigenvalue weighted by atomic mass is 19.2. The Balaban J connectivity index is 0.000000330. The molecule has 1 saturated heterocycles. The van der Waals surface area contributed by atoms with Crippen molar-refractivity contribution < 1.29 is 46.3 Å². The van der Waals surface area contributed by atoms with Crippen molar-refractivity contribution in [3.05, 3.63) is 28.8 Å². The molecule has 7 nitrogen and oxygen atoms in total. The fraction of sp³-hybridized carbons (Fsp3) is 0.524. The molecule has 0 unspecified atom stereocenters. The Bertz CT molecular complexity index is 902. The van der Waals surface area contributed by atoms with Gasteiger partial charge in [0.15, 0.2) is 17.5 Å². The van der Waals surface area contributed by atoms with Gasteiger partial charge in [-0.05, 0) is 48.5 Å². The van der Waals surface area contributed by atoms with Gasteiger partial charge in [0.25, 0.3) is 11.8 Å². The van der Waals surface area contributed by atoms with Gasteiger partial charge < -0.3 is 9.57 Å². The number of carbonyl (C=O) groups is 4. The highest BCUT2D eigenvalue weighted by Crippen LogP contribution is 2.31. The molecule has 2 rings (SSSR count). The molecule has 178 valence electrons. The Labute approximate surface area is 182 Å². The fourth-order valence-electron chi connectivity index (χ4n) is 1.94. The van der Waals surface area contributed by atoms with Crippen molar-refractivity contribution >= 4 is 23.8 Å². The zero-order chi connectivity index (χ0) is 25.2. The van der Waals surface area contributed by atoms with E-state index in [2.05, 4.69) is 4.74 Å². The maximum Gasteiger partial charge on any atom is 0.338 e. The maximum absolute atomic E-state index is 13.5. The summed E-state index contributed by atoms with van der Waals surface area (Å²) in [6, 6.07) is 0. The van der Waals surface area contributed by atoms with E-state index < -0.39 is 69.2 Å². The average molecular weight is 463 g/mol. The minimum absolute atomic E-state index is 0.121. The van der Waals surface area contributed by atoms with E-state index in [1.165, 1.54) is 20.8 Å². The van der Waals surface area contributed by atoms with E-state index in [-0.39, 0.29) is 12.8 Å². The normalized spacial score (nSPS) is 14.2. The molecule has 1 aromatic carbocycles. The van der Waals surface area contributed by atoms with E-state index in [4.69, 9.17) is 4.84 Å². The summed E-state index contributed by atoms with van der Waals surface area (Å²) in [5.41, 5.74) is -2.49. The maximum atomic E-state index is 13.5. The molecule has 1 heterocycles. The zero-order valence-corrected chi connectivity index (χ0v) is 18.8. The van der Waals surface area contributed by atoms with Crippen LogP contribution in [0.3, 0.4) is 0 Å². The van der Waals surface area contributed by atoms with Crippen LogP contribution >= 0.6 is 0 Å². The van der Waals surface area contributed by atoms with Crippen LogP contribution in [0.25, 0.3) is 0 Å². The lowest BCUT2D eigenvalue weighted by molar-refractivity contribution is -0.203. The largest absolute Gasteiger partial charge is 0.420 e. The number of nitrogens with zero attached hydrogens (tertiary/aromatic N) is 1. The molecule has 1 fully saturated rings. The van der Waals surface area contributed by atoms with Crippen molar-refractivity contribution in [2.75, 3.05) is 0 Å². The van der Waals surface area contributed by atoms with Crippen LogP contribution in [-0.2, 0) is 24.0 Å². The predicted octanol–water partition coefficient (Wildman–Crippen LogP) is 4.14.